The van der Waals surface area contributed by atoms with Gasteiger partial charge in [0, 0.05) is 18.7 Å². The Kier molecular flexibility index (Phi) is 3.34. The Morgan fingerprint density at radius 2 is 1.91 bits per heavy atom. The van der Waals surface area contributed by atoms with Crippen LogP contribution in [0.15, 0.2) is 30.3 Å². The number of nitrogens with two attached hydrogens (primary N) is 1. The van der Waals surface area contributed by atoms with E-state index in [1.54, 1.807) is 12.1 Å². The maximum atomic E-state index is 13.2. The van der Waals surface area contributed by atoms with E-state index in [1.165, 1.54) is 12.1 Å². The molecule has 0 spiro atoms. The SMILES string of the molecule is Nc1[nH]nc2nc(N3CCOCC3)cc(-c3ccc(F)cc3)c12. The zero-order chi connectivity index (χ0) is 15.8. The summed E-state index contributed by atoms with van der Waals surface area (Å²) in [4.78, 5) is 6.75. The quantitative estimate of drug-likeness (QED) is 0.758. The van der Waals surface area contributed by atoms with Gasteiger partial charge in [0.15, 0.2) is 5.65 Å². The molecule has 1 aliphatic rings. The van der Waals surface area contributed by atoms with Crippen molar-refractivity contribution in [2.45, 2.75) is 0 Å². The molecule has 1 aromatic carbocycles. The van der Waals surface area contributed by atoms with Crippen molar-refractivity contribution in [3.8, 4) is 11.1 Å². The van der Waals surface area contributed by atoms with Crippen LogP contribution in [0.25, 0.3) is 22.2 Å². The predicted octanol–water partition coefficient (Wildman–Crippen LogP) is 2.18. The summed E-state index contributed by atoms with van der Waals surface area (Å²) in [6.45, 7) is 2.91. The molecule has 7 heteroatoms. The molecule has 1 saturated heterocycles. The Labute approximate surface area is 132 Å². The van der Waals surface area contributed by atoms with Gasteiger partial charge in [-0.2, -0.15) is 5.10 Å². The minimum Gasteiger partial charge on any atom is -0.383 e. The van der Waals surface area contributed by atoms with Crippen molar-refractivity contribution in [1.82, 2.24) is 15.2 Å². The van der Waals surface area contributed by atoms with Gasteiger partial charge in [0.2, 0.25) is 0 Å². The zero-order valence-corrected chi connectivity index (χ0v) is 12.4. The molecular formula is C16H16FN5O. The molecule has 3 aromatic rings. The van der Waals surface area contributed by atoms with Gasteiger partial charge >= 0.3 is 0 Å². The number of nitrogen functional groups attached to an aromatic ring is 1. The van der Waals surface area contributed by atoms with Crippen molar-refractivity contribution in [3.05, 3.63) is 36.1 Å². The first kappa shape index (κ1) is 14.0. The van der Waals surface area contributed by atoms with Crippen LogP contribution < -0.4 is 10.6 Å². The van der Waals surface area contributed by atoms with E-state index in [2.05, 4.69) is 20.1 Å². The second kappa shape index (κ2) is 5.51. The van der Waals surface area contributed by atoms with Crippen molar-refractivity contribution in [3.63, 3.8) is 0 Å². The molecule has 4 rings (SSSR count). The summed E-state index contributed by atoms with van der Waals surface area (Å²) in [7, 11) is 0. The highest BCUT2D eigenvalue weighted by atomic mass is 19.1. The van der Waals surface area contributed by atoms with E-state index in [0.29, 0.717) is 24.7 Å². The summed E-state index contributed by atoms with van der Waals surface area (Å²) in [6.07, 6.45) is 0. The number of rotatable bonds is 2. The van der Waals surface area contributed by atoms with Gasteiger partial charge in [-0.15, -0.1) is 0 Å². The number of hydrogen-bond acceptors (Lipinski definition) is 5. The average Bonchev–Trinajstić information content (AvgIpc) is 2.97. The second-order valence-electron chi connectivity index (χ2n) is 5.47. The first-order chi connectivity index (χ1) is 11.2. The van der Waals surface area contributed by atoms with Crippen LogP contribution in [0.5, 0.6) is 0 Å². The molecule has 0 unspecified atom stereocenters. The molecule has 0 amide bonds. The van der Waals surface area contributed by atoms with Gasteiger partial charge in [0.05, 0.1) is 18.6 Å². The van der Waals surface area contributed by atoms with Crippen molar-refractivity contribution in [2.75, 3.05) is 36.9 Å². The highest BCUT2D eigenvalue weighted by molar-refractivity contribution is 6.01. The van der Waals surface area contributed by atoms with Crippen molar-refractivity contribution >= 4 is 22.7 Å². The molecule has 3 heterocycles. The topological polar surface area (TPSA) is 80.1 Å². The van der Waals surface area contributed by atoms with Crippen LogP contribution in [-0.2, 0) is 4.74 Å². The number of ether oxygens (including phenoxy) is 1. The van der Waals surface area contributed by atoms with Crippen molar-refractivity contribution in [2.24, 2.45) is 0 Å². The number of fused-ring (bicyclic) bond motifs is 1. The van der Waals surface area contributed by atoms with Gasteiger partial charge in [0.1, 0.15) is 17.5 Å². The number of nitrogens with one attached hydrogen (secondary N) is 1. The molecule has 2 aromatic heterocycles. The molecule has 1 fully saturated rings. The van der Waals surface area contributed by atoms with Crippen LogP contribution in [0, 0.1) is 5.82 Å². The van der Waals surface area contributed by atoms with Crippen molar-refractivity contribution < 1.29 is 9.13 Å². The van der Waals surface area contributed by atoms with Crippen molar-refractivity contribution in [1.29, 1.82) is 0 Å². The number of anilines is 2. The molecule has 0 saturated carbocycles. The fourth-order valence-corrected chi connectivity index (χ4v) is 2.85. The third-order valence-corrected chi connectivity index (χ3v) is 4.03. The van der Waals surface area contributed by atoms with E-state index >= 15 is 0 Å². The van der Waals surface area contributed by atoms with Crippen LogP contribution in [-0.4, -0.2) is 41.5 Å². The van der Waals surface area contributed by atoms with Crippen LogP contribution in [0.1, 0.15) is 0 Å². The minimum atomic E-state index is -0.271. The lowest BCUT2D eigenvalue weighted by Gasteiger charge is -2.28. The largest absolute Gasteiger partial charge is 0.383 e. The number of halogens is 1. The number of aromatic nitrogens is 3. The summed E-state index contributed by atoms with van der Waals surface area (Å²) in [6, 6.07) is 8.32. The smallest absolute Gasteiger partial charge is 0.185 e. The summed E-state index contributed by atoms with van der Waals surface area (Å²) in [5.74, 6) is 1.01. The van der Waals surface area contributed by atoms with Gasteiger partial charge in [-0.05, 0) is 23.8 Å². The average molecular weight is 313 g/mol. The summed E-state index contributed by atoms with van der Waals surface area (Å²) in [5, 5.41) is 7.72. The van der Waals surface area contributed by atoms with E-state index < -0.39 is 0 Å². The number of benzene rings is 1. The monoisotopic (exact) mass is 313 g/mol. The normalized spacial score (nSPS) is 15.3. The Morgan fingerprint density at radius 1 is 1.17 bits per heavy atom. The van der Waals surface area contributed by atoms with E-state index in [9.17, 15) is 4.39 Å². The van der Waals surface area contributed by atoms with E-state index in [1.807, 2.05) is 6.07 Å². The molecular weight excluding hydrogens is 297 g/mol. The van der Waals surface area contributed by atoms with Crippen LogP contribution in [0.3, 0.4) is 0 Å². The van der Waals surface area contributed by atoms with Crippen LogP contribution in [0.2, 0.25) is 0 Å². The Hall–Kier alpha value is -2.67. The molecule has 0 radical (unpaired) electrons. The van der Waals surface area contributed by atoms with Gasteiger partial charge in [0.25, 0.3) is 0 Å². The van der Waals surface area contributed by atoms with E-state index in [0.717, 1.165) is 35.4 Å². The lowest BCUT2D eigenvalue weighted by atomic mass is 10.0. The van der Waals surface area contributed by atoms with Gasteiger partial charge in [-0.1, -0.05) is 12.1 Å². The third kappa shape index (κ3) is 2.49. The standard InChI is InChI=1S/C16H16FN5O/c17-11-3-1-10(2-4-11)12-9-13(22-5-7-23-8-6-22)19-16-14(12)15(18)20-21-16/h1-4,9H,5-8H2,(H3,18,19,20,21). The molecule has 3 N–H and O–H groups in total. The van der Waals surface area contributed by atoms with Gasteiger partial charge in [-0.25, -0.2) is 9.37 Å². The predicted molar refractivity (Wildman–Crippen MR) is 86.7 cm³/mol. The Bertz CT molecular complexity index is 840. The molecule has 118 valence electrons. The summed E-state index contributed by atoms with van der Waals surface area (Å²) >= 11 is 0. The number of hydrogen-bond donors (Lipinski definition) is 2. The Morgan fingerprint density at radius 3 is 2.65 bits per heavy atom. The maximum absolute atomic E-state index is 13.2. The Balaban J connectivity index is 1.89. The first-order valence-corrected chi connectivity index (χ1v) is 7.45. The molecule has 0 aliphatic carbocycles. The summed E-state index contributed by atoms with van der Waals surface area (Å²) in [5.41, 5.74) is 8.34. The molecule has 0 atom stereocenters. The molecule has 6 nitrogen and oxygen atoms in total. The second-order valence-corrected chi connectivity index (χ2v) is 5.47. The fraction of sp³-hybridized carbons (Fsp3) is 0.250. The molecule has 23 heavy (non-hydrogen) atoms. The van der Waals surface area contributed by atoms with E-state index in [-0.39, 0.29) is 5.82 Å². The fourth-order valence-electron chi connectivity index (χ4n) is 2.85. The highest BCUT2D eigenvalue weighted by Gasteiger charge is 2.18. The lowest BCUT2D eigenvalue weighted by Crippen LogP contribution is -2.36. The number of pyridine rings is 1. The minimum absolute atomic E-state index is 0.271. The van der Waals surface area contributed by atoms with Gasteiger partial charge < -0.3 is 15.4 Å². The highest BCUT2D eigenvalue weighted by Crippen LogP contribution is 2.33. The maximum Gasteiger partial charge on any atom is 0.185 e. The molecule has 1 aliphatic heterocycles. The number of H-pyrrole nitrogens is 1. The first-order valence-electron chi connectivity index (χ1n) is 7.45. The van der Waals surface area contributed by atoms with E-state index in [4.69, 9.17) is 10.5 Å². The molecule has 0 bridgehead atoms. The number of aromatic amines is 1. The van der Waals surface area contributed by atoms with Crippen LogP contribution >= 0.6 is 0 Å². The lowest BCUT2D eigenvalue weighted by molar-refractivity contribution is 0.122. The summed E-state index contributed by atoms with van der Waals surface area (Å²) < 4.78 is 18.6. The van der Waals surface area contributed by atoms with Gasteiger partial charge in [-0.3, -0.25) is 5.10 Å². The number of morpholine rings is 1. The zero-order valence-electron chi connectivity index (χ0n) is 12.4. The van der Waals surface area contributed by atoms with Crippen LogP contribution in [0.4, 0.5) is 16.0 Å². The third-order valence-electron chi connectivity index (χ3n) is 4.03. The number of nitrogens with zero attached hydrogens (tertiary/aromatic N) is 3.